The first-order valence-electron chi connectivity index (χ1n) is 13.3. The second kappa shape index (κ2) is 16.6. The van der Waals surface area contributed by atoms with Crippen LogP contribution < -0.4 is 10.5 Å². The fourth-order valence-corrected chi connectivity index (χ4v) is 3.88. The lowest BCUT2D eigenvalue weighted by Gasteiger charge is -2.08. The van der Waals surface area contributed by atoms with Crippen molar-refractivity contribution >= 4 is 32.5 Å². The second-order valence-corrected chi connectivity index (χ2v) is 10.2. The highest BCUT2D eigenvalue weighted by Gasteiger charge is 2.15. The molecule has 0 aliphatic rings. The van der Waals surface area contributed by atoms with E-state index in [1.165, 1.54) is 32.6 Å². The molecule has 0 radical (unpaired) electrons. The van der Waals surface area contributed by atoms with Crippen molar-refractivity contribution in [2.24, 2.45) is 5.73 Å². The predicted molar refractivity (Wildman–Crippen MR) is 162 cm³/mol. The van der Waals surface area contributed by atoms with Gasteiger partial charge in [0.25, 0.3) is 0 Å². The van der Waals surface area contributed by atoms with Gasteiger partial charge in [0.15, 0.2) is 0 Å². The first-order valence-corrected chi connectivity index (χ1v) is 14.1. The van der Waals surface area contributed by atoms with Crippen molar-refractivity contribution in [1.82, 2.24) is 10.1 Å². The smallest absolute Gasteiger partial charge is 0.229 e. The van der Waals surface area contributed by atoms with Crippen LogP contribution in [-0.4, -0.2) is 16.0 Å². The summed E-state index contributed by atoms with van der Waals surface area (Å²) < 4.78 is 12.5. The fourth-order valence-electron chi connectivity index (χ4n) is 3.43. The highest BCUT2D eigenvalue weighted by atomic mass is 79.9. The van der Waals surface area contributed by atoms with Gasteiger partial charge >= 0.3 is 0 Å². The largest absolute Gasteiger partial charge is 0.489 e. The van der Waals surface area contributed by atoms with Gasteiger partial charge in [-0.15, -0.1) is 0 Å². The van der Waals surface area contributed by atoms with Gasteiger partial charge in [-0.3, -0.25) is 5.41 Å². The van der Waals surface area contributed by atoms with E-state index < -0.39 is 0 Å². The number of nitrogens with zero attached hydrogens (tertiary/aromatic N) is 2. The summed E-state index contributed by atoms with van der Waals surface area (Å²) >= 11 is 3.49. The van der Waals surface area contributed by atoms with Gasteiger partial charge in [0.05, 0.1) is 5.84 Å². The normalized spacial score (nSPS) is 11.1. The number of unbranched alkanes of at least 4 members (excludes halogenated alkanes) is 2. The van der Waals surface area contributed by atoms with Crippen LogP contribution in [0.3, 0.4) is 0 Å². The Kier molecular flexibility index (Phi) is 13.6. The van der Waals surface area contributed by atoms with Crippen LogP contribution >= 0.6 is 15.9 Å². The molecule has 1 heterocycles. The molecule has 6 nitrogen and oxygen atoms in total. The lowest BCUT2D eigenvalue weighted by molar-refractivity contribution is 0.306. The Bertz CT molecular complexity index is 1270. The Morgan fingerprint density at radius 1 is 1.00 bits per heavy atom. The van der Waals surface area contributed by atoms with Crippen molar-refractivity contribution in [1.29, 1.82) is 5.41 Å². The van der Waals surface area contributed by atoms with E-state index in [-0.39, 0.29) is 11.8 Å². The van der Waals surface area contributed by atoms with Crippen LogP contribution in [0.2, 0.25) is 0 Å². The van der Waals surface area contributed by atoms with Gasteiger partial charge in [-0.1, -0.05) is 105 Å². The standard InChI is InChI=1S/C25H25BrN2O2.C4H10.C2H6N2/c1-3-4-6-17(2)25-27-24(28-30-25)21-10-9-20-15-23(12-11-19(20)14-21)29-16-18-7-5-8-22(26)13-18;1-3-4-2;1-2(3)4/h5,7-15,17H,3-4,6,16H2,1-2H3;3-4H2,1-2H3;1H3,(H3,3,4). The molecule has 3 aromatic carbocycles. The zero-order valence-corrected chi connectivity index (χ0v) is 24.8. The zero-order valence-electron chi connectivity index (χ0n) is 23.3. The number of hydrogen-bond donors (Lipinski definition) is 2. The van der Waals surface area contributed by atoms with E-state index in [1.54, 1.807) is 0 Å². The highest BCUT2D eigenvalue weighted by molar-refractivity contribution is 9.10. The molecule has 0 aliphatic carbocycles. The topological polar surface area (TPSA) is 98.0 Å². The molecule has 1 unspecified atom stereocenters. The first-order chi connectivity index (χ1) is 18.3. The van der Waals surface area contributed by atoms with Gasteiger partial charge < -0.3 is 15.0 Å². The molecule has 7 heteroatoms. The average Bonchev–Trinajstić information content (AvgIpc) is 3.41. The summed E-state index contributed by atoms with van der Waals surface area (Å²) in [4.78, 5) is 4.62. The average molecular weight is 582 g/mol. The van der Waals surface area contributed by atoms with E-state index in [9.17, 15) is 0 Å². The minimum absolute atomic E-state index is 0.167. The number of fused-ring (bicyclic) bond motifs is 1. The summed E-state index contributed by atoms with van der Waals surface area (Å²) in [5.41, 5.74) is 6.78. The maximum absolute atomic E-state index is 6.28. The van der Waals surface area contributed by atoms with Crippen molar-refractivity contribution in [2.45, 2.75) is 79.2 Å². The predicted octanol–water partition coefficient (Wildman–Crippen LogP) is 9.27. The van der Waals surface area contributed by atoms with Crippen LogP contribution in [0, 0.1) is 5.41 Å². The minimum atomic E-state index is 0.167. The van der Waals surface area contributed by atoms with Gasteiger partial charge in [-0.25, -0.2) is 0 Å². The molecule has 0 aliphatic heterocycles. The summed E-state index contributed by atoms with van der Waals surface area (Å²) in [5, 5.41) is 12.7. The molecule has 204 valence electrons. The van der Waals surface area contributed by atoms with Gasteiger partial charge in [-0.2, -0.15) is 4.98 Å². The van der Waals surface area contributed by atoms with Crippen LogP contribution in [0.1, 0.15) is 84.1 Å². The van der Waals surface area contributed by atoms with Crippen LogP contribution in [-0.2, 0) is 6.61 Å². The molecule has 4 aromatic rings. The van der Waals surface area contributed by atoms with Crippen LogP contribution in [0.4, 0.5) is 0 Å². The molecular formula is C31H41BrN4O2. The van der Waals surface area contributed by atoms with Crippen LogP contribution in [0.5, 0.6) is 5.75 Å². The minimum Gasteiger partial charge on any atom is -0.489 e. The number of halogens is 1. The van der Waals surface area contributed by atoms with Crippen LogP contribution in [0.25, 0.3) is 22.2 Å². The third-order valence-corrected chi connectivity index (χ3v) is 6.21. The number of aromatic nitrogens is 2. The fraction of sp³-hybridized carbons (Fsp3) is 0.387. The Morgan fingerprint density at radius 2 is 1.68 bits per heavy atom. The highest BCUT2D eigenvalue weighted by Crippen LogP contribution is 2.28. The van der Waals surface area contributed by atoms with E-state index in [0.29, 0.717) is 12.4 Å². The molecule has 0 spiro atoms. The molecule has 0 saturated heterocycles. The molecule has 38 heavy (non-hydrogen) atoms. The molecule has 0 fully saturated rings. The molecule has 4 rings (SSSR count). The summed E-state index contributed by atoms with van der Waals surface area (Å²) in [6, 6.07) is 20.5. The van der Waals surface area contributed by atoms with Gasteiger partial charge in [-0.05, 0) is 60.0 Å². The Morgan fingerprint density at radius 3 is 2.34 bits per heavy atom. The quantitative estimate of drug-likeness (QED) is 0.152. The first kappa shape index (κ1) is 31.0. The molecular weight excluding hydrogens is 540 g/mol. The Balaban J connectivity index is 0.000000559. The lowest BCUT2D eigenvalue weighted by Crippen LogP contribution is -2.00. The molecule has 1 aromatic heterocycles. The Labute approximate surface area is 235 Å². The molecule has 0 saturated carbocycles. The number of ether oxygens (including phenoxy) is 1. The third kappa shape index (κ3) is 10.7. The Hall–Kier alpha value is -3.19. The zero-order chi connectivity index (χ0) is 27.9. The van der Waals surface area contributed by atoms with Gasteiger partial charge in [0.2, 0.25) is 11.7 Å². The number of nitrogens with two attached hydrogens (primary N) is 1. The van der Waals surface area contributed by atoms with E-state index in [2.05, 4.69) is 90.2 Å². The summed E-state index contributed by atoms with van der Waals surface area (Å²) in [7, 11) is 0. The monoisotopic (exact) mass is 580 g/mol. The third-order valence-electron chi connectivity index (χ3n) is 5.72. The maximum atomic E-state index is 6.28. The SMILES string of the molecule is CC(=N)N.CCCC.CCCCC(C)c1nc(-c2ccc3cc(OCc4cccc(Br)c4)ccc3c2)no1. The van der Waals surface area contributed by atoms with E-state index in [1.807, 2.05) is 24.3 Å². The van der Waals surface area contributed by atoms with Crippen molar-refractivity contribution in [3.8, 4) is 17.1 Å². The van der Waals surface area contributed by atoms with Crippen molar-refractivity contribution < 1.29 is 9.26 Å². The maximum Gasteiger partial charge on any atom is 0.229 e. The number of amidine groups is 1. The van der Waals surface area contributed by atoms with Gasteiger partial charge in [0.1, 0.15) is 12.4 Å². The number of hydrogen-bond acceptors (Lipinski definition) is 5. The second-order valence-electron chi connectivity index (χ2n) is 9.32. The van der Waals surface area contributed by atoms with Crippen molar-refractivity contribution in [3.63, 3.8) is 0 Å². The summed E-state index contributed by atoms with van der Waals surface area (Å²) in [5.74, 6) is 2.67. The number of benzene rings is 3. The molecule has 1 atom stereocenters. The molecule has 0 amide bonds. The van der Waals surface area contributed by atoms with Gasteiger partial charge in [0, 0.05) is 16.0 Å². The van der Waals surface area contributed by atoms with E-state index in [4.69, 9.17) is 20.4 Å². The van der Waals surface area contributed by atoms with Crippen LogP contribution in [0.15, 0.2) is 69.7 Å². The number of rotatable bonds is 9. The van der Waals surface area contributed by atoms with E-state index in [0.717, 1.165) is 44.4 Å². The van der Waals surface area contributed by atoms with Crippen molar-refractivity contribution in [2.75, 3.05) is 0 Å². The lowest BCUT2D eigenvalue weighted by atomic mass is 10.0. The summed E-state index contributed by atoms with van der Waals surface area (Å²) in [6.07, 6.45) is 6.05. The van der Waals surface area contributed by atoms with Crippen molar-refractivity contribution in [3.05, 3.63) is 76.6 Å². The molecule has 0 bridgehead atoms. The van der Waals surface area contributed by atoms with E-state index >= 15 is 0 Å². The summed E-state index contributed by atoms with van der Waals surface area (Å²) in [6.45, 7) is 10.8. The molecule has 3 N–H and O–H groups in total. The number of nitrogens with one attached hydrogen (secondary N) is 1.